The minimum Gasteiger partial charge on any atom is -0.495 e. The molecule has 0 spiro atoms. The van der Waals surface area contributed by atoms with Crippen LogP contribution in [-0.4, -0.2) is 38.4 Å². The van der Waals surface area contributed by atoms with E-state index in [0.29, 0.717) is 23.6 Å². The second kappa shape index (κ2) is 9.05. The molecule has 0 fully saturated rings. The van der Waals surface area contributed by atoms with Gasteiger partial charge < -0.3 is 14.8 Å². The molecule has 0 saturated heterocycles. The zero-order valence-corrected chi connectivity index (χ0v) is 15.0. The number of hydrogen-bond donors (Lipinski definition) is 1. The number of carbonyl (C=O) groups is 2. The molecule has 0 heterocycles. The van der Waals surface area contributed by atoms with E-state index in [0.717, 1.165) is 6.42 Å². The second-order valence-corrected chi connectivity index (χ2v) is 6.47. The number of hydrogen-bond acceptors (Lipinski definition) is 5. The Labute approximate surface area is 143 Å². The minimum atomic E-state index is -0.430. The smallest absolute Gasteiger partial charge is 0.338 e. The van der Waals surface area contributed by atoms with Crippen LogP contribution < -0.4 is 10.1 Å². The van der Waals surface area contributed by atoms with Crippen molar-refractivity contribution in [3.8, 4) is 5.75 Å². The van der Waals surface area contributed by atoms with Crippen molar-refractivity contribution in [3.05, 3.63) is 23.8 Å². The topological polar surface area (TPSA) is 77.0 Å². The van der Waals surface area contributed by atoms with E-state index in [1.54, 1.807) is 25.3 Å². The summed E-state index contributed by atoms with van der Waals surface area (Å²) in [7, 11) is 1.47. The molecule has 0 aliphatic rings. The third-order valence-corrected chi connectivity index (χ3v) is 3.05. The van der Waals surface area contributed by atoms with E-state index in [9.17, 15) is 9.59 Å². The first-order valence-electron chi connectivity index (χ1n) is 7.90. The molecule has 6 nitrogen and oxygen atoms in total. The Morgan fingerprint density at radius 3 is 2.58 bits per heavy atom. The van der Waals surface area contributed by atoms with Crippen molar-refractivity contribution in [2.45, 2.75) is 34.1 Å². The van der Waals surface area contributed by atoms with Crippen LogP contribution in [0, 0.1) is 5.41 Å². The van der Waals surface area contributed by atoms with Gasteiger partial charge in [0.05, 0.1) is 25.0 Å². The van der Waals surface area contributed by atoms with Gasteiger partial charge in [0.15, 0.2) is 0 Å². The highest BCUT2D eigenvalue weighted by atomic mass is 16.5. The summed E-state index contributed by atoms with van der Waals surface area (Å²) in [5.41, 5.74) is 1.00. The first-order valence-corrected chi connectivity index (χ1v) is 7.90. The highest BCUT2D eigenvalue weighted by Gasteiger charge is 2.13. The first kappa shape index (κ1) is 19.7. The highest BCUT2D eigenvalue weighted by Crippen LogP contribution is 2.26. The maximum atomic E-state index is 12.0. The lowest BCUT2D eigenvalue weighted by Crippen LogP contribution is -2.16. The lowest BCUT2D eigenvalue weighted by atomic mass is 9.93. The largest absolute Gasteiger partial charge is 0.495 e. The highest BCUT2D eigenvalue weighted by molar-refractivity contribution is 5.96. The van der Waals surface area contributed by atoms with E-state index in [2.05, 4.69) is 31.1 Å². The summed E-state index contributed by atoms with van der Waals surface area (Å²) in [6.07, 6.45) is 2.57. The Morgan fingerprint density at radius 2 is 2.00 bits per heavy atom. The van der Waals surface area contributed by atoms with E-state index in [1.807, 2.05) is 0 Å². The number of aliphatic imine (C=N–C) groups is 1. The van der Waals surface area contributed by atoms with Gasteiger partial charge in [-0.15, -0.1) is 0 Å². The van der Waals surface area contributed by atoms with E-state index < -0.39 is 5.97 Å². The van der Waals surface area contributed by atoms with Crippen LogP contribution in [0.4, 0.5) is 5.69 Å². The lowest BCUT2D eigenvalue weighted by molar-refractivity contribution is -0.114. The number of benzene rings is 1. The van der Waals surface area contributed by atoms with Crippen molar-refractivity contribution in [2.24, 2.45) is 10.4 Å². The fourth-order valence-corrected chi connectivity index (χ4v) is 1.81. The van der Waals surface area contributed by atoms with Crippen molar-refractivity contribution >= 4 is 23.8 Å². The molecule has 0 aliphatic heterocycles. The third-order valence-electron chi connectivity index (χ3n) is 3.05. The standard InChI is InChI=1S/C18H26N2O4/c1-6-24-17(22)13-7-8-14(15(11-13)23-5)20-16(21)12-19-10-9-18(2,3)4/h7-8,10-11H,6,9,12H2,1-5H3,(H,20,21). The van der Waals surface area contributed by atoms with Crippen molar-refractivity contribution < 1.29 is 19.1 Å². The number of nitrogens with one attached hydrogen (secondary N) is 1. The van der Waals surface area contributed by atoms with E-state index in [-0.39, 0.29) is 17.9 Å². The summed E-state index contributed by atoms with van der Waals surface area (Å²) in [6.45, 7) is 8.40. The Balaban J connectivity index is 2.70. The molecule has 0 bridgehead atoms. The summed E-state index contributed by atoms with van der Waals surface area (Å²) < 4.78 is 10.2. The molecule has 0 unspecified atom stereocenters. The number of methoxy groups -OCH3 is 1. The predicted octanol–water partition coefficient (Wildman–Crippen LogP) is 3.32. The van der Waals surface area contributed by atoms with Crippen LogP contribution in [0.5, 0.6) is 5.75 Å². The zero-order valence-electron chi connectivity index (χ0n) is 15.0. The molecule has 1 N–H and O–H groups in total. The number of amides is 1. The summed E-state index contributed by atoms with van der Waals surface area (Å²) >= 11 is 0. The molecule has 132 valence electrons. The summed E-state index contributed by atoms with van der Waals surface area (Å²) in [4.78, 5) is 27.8. The van der Waals surface area contributed by atoms with E-state index in [4.69, 9.17) is 9.47 Å². The van der Waals surface area contributed by atoms with Gasteiger partial charge in [-0.25, -0.2) is 4.79 Å². The summed E-state index contributed by atoms with van der Waals surface area (Å²) in [5, 5.41) is 2.73. The fraction of sp³-hybridized carbons (Fsp3) is 0.500. The summed E-state index contributed by atoms with van der Waals surface area (Å²) in [5.74, 6) is -0.282. The summed E-state index contributed by atoms with van der Waals surface area (Å²) in [6, 6.07) is 4.73. The Hall–Kier alpha value is -2.37. The molecule has 0 aromatic heterocycles. The Bertz CT molecular complexity index is 604. The average Bonchev–Trinajstić information content (AvgIpc) is 2.51. The lowest BCUT2D eigenvalue weighted by Gasteiger charge is -2.14. The fourth-order valence-electron chi connectivity index (χ4n) is 1.81. The van der Waals surface area contributed by atoms with Crippen LogP contribution in [0.2, 0.25) is 0 Å². The van der Waals surface area contributed by atoms with Gasteiger partial charge in [0.2, 0.25) is 5.91 Å². The number of carbonyl (C=O) groups excluding carboxylic acids is 2. The van der Waals surface area contributed by atoms with Crippen LogP contribution >= 0.6 is 0 Å². The van der Waals surface area contributed by atoms with Gasteiger partial charge in [0.1, 0.15) is 12.3 Å². The molecule has 6 heteroatoms. The van der Waals surface area contributed by atoms with Crippen LogP contribution in [0.15, 0.2) is 23.2 Å². The molecular formula is C18H26N2O4. The Kier molecular flexibility index (Phi) is 7.42. The maximum Gasteiger partial charge on any atom is 0.338 e. The zero-order chi connectivity index (χ0) is 18.2. The van der Waals surface area contributed by atoms with Crippen LogP contribution in [0.1, 0.15) is 44.5 Å². The molecule has 0 radical (unpaired) electrons. The number of ether oxygens (including phenoxy) is 2. The number of rotatable bonds is 7. The van der Waals surface area contributed by atoms with Crippen molar-refractivity contribution in [1.29, 1.82) is 0 Å². The molecule has 1 amide bonds. The molecular weight excluding hydrogens is 308 g/mol. The van der Waals surface area contributed by atoms with Gasteiger partial charge in [-0.05, 0) is 43.2 Å². The van der Waals surface area contributed by atoms with Crippen LogP contribution in [-0.2, 0) is 9.53 Å². The molecule has 0 saturated carbocycles. The van der Waals surface area contributed by atoms with E-state index >= 15 is 0 Å². The molecule has 1 aromatic carbocycles. The molecule has 0 atom stereocenters. The molecule has 1 rings (SSSR count). The van der Waals surface area contributed by atoms with E-state index in [1.165, 1.54) is 13.2 Å². The number of esters is 1. The van der Waals surface area contributed by atoms with Crippen molar-refractivity contribution in [3.63, 3.8) is 0 Å². The van der Waals surface area contributed by atoms with Gasteiger partial charge in [0, 0.05) is 0 Å². The maximum absolute atomic E-state index is 12.0. The van der Waals surface area contributed by atoms with Crippen molar-refractivity contribution in [2.75, 3.05) is 25.6 Å². The van der Waals surface area contributed by atoms with Crippen LogP contribution in [0.3, 0.4) is 0 Å². The minimum absolute atomic E-state index is 0.0405. The number of nitrogens with zero attached hydrogens (tertiary/aromatic N) is 1. The second-order valence-electron chi connectivity index (χ2n) is 6.47. The van der Waals surface area contributed by atoms with Gasteiger partial charge in [0.25, 0.3) is 0 Å². The third kappa shape index (κ3) is 6.81. The number of anilines is 1. The van der Waals surface area contributed by atoms with Crippen LogP contribution in [0.25, 0.3) is 0 Å². The van der Waals surface area contributed by atoms with Gasteiger partial charge >= 0.3 is 5.97 Å². The van der Waals surface area contributed by atoms with Gasteiger partial charge in [-0.1, -0.05) is 20.8 Å². The Morgan fingerprint density at radius 1 is 1.29 bits per heavy atom. The average molecular weight is 334 g/mol. The van der Waals surface area contributed by atoms with Crippen molar-refractivity contribution in [1.82, 2.24) is 0 Å². The van der Waals surface area contributed by atoms with Gasteiger partial charge in [-0.2, -0.15) is 0 Å². The molecule has 1 aromatic rings. The van der Waals surface area contributed by atoms with Gasteiger partial charge in [-0.3, -0.25) is 9.79 Å². The SMILES string of the molecule is CCOC(=O)c1ccc(NC(=O)CN=CCC(C)(C)C)c(OC)c1. The predicted molar refractivity (Wildman–Crippen MR) is 95.0 cm³/mol. The quantitative estimate of drug-likeness (QED) is 0.613. The monoisotopic (exact) mass is 334 g/mol. The molecule has 24 heavy (non-hydrogen) atoms. The first-order chi connectivity index (χ1) is 11.3. The normalized spacial score (nSPS) is 11.4. The molecule has 0 aliphatic carbocycles.